The summed E-state index contributed by atoms with van der Waals surface area (Å²) < 4.78 is 19.4. The van der Waals surface area contributed by atoms with Gasteiger partial charge in [-0.3, -0.25) is 19.9 Å². The lowest BCUT2D eigenvalue weighted by Gasteiger charge is -2.28. The van der Waals surface area contributed by atoms with Crippen molar-refractivity contribution in [1.29, 1.82) is 5.26 Å². The van der Waals surface area contributed by atoms with Crippen LogP contribution in [0.4, 0.5) is 21.5 Å². The molecule has 10 nitrogen and oxygen atoms in total. The molecule has 1 saturated heterocycles. The van der Waals surface area contributed by atoms with Crippen molar-refractivity contribution in [2.75, 3.05) is 50.0 Å². The van der Waals surface area contributed by atoms with Crippen LogP contribution in [0.3, 0.4) is 0 Å². The number of rotatable bonds is 9. The lowest BCUT2D eigenvalue weighted by atomic mass is 10.0. The van der Waals surface area contributed by atoms with E-state index in [9.17, 15) is 9.65 Å². The molecule has 2 aromatic carbocycles. The average molecular weight is 600 g/mol. The molecular formula is C31H31ClFN9O. The SMILES string of the molecule is Cc1cc(Nc2c(C#N)cnc3c(Cl)cc(N[C@H](C4=CN(CCN5CCOCC5)NN4)c4cccnc4)cc23)ccc1F. The third kappa shape index (κ3) is 6.48. The summed E-state index contributed by atoms with van der Waals surface area (Å²) in [6.07, 6.45) is 7.09. The maximum Gasteiger partial charge on any atom is 0.126 e. The first-order valence-electron chi connectivity index (χ1n) is 14.0. The molecule has 4 heterocycles. The van der Waals surface area contributed by atoms with Crippen molar-refractivity contribution in [3.8, 4) is 6.07 Å². The van der Waals surface area contributed by atoms with Crippen LogP contribution in [0.15, 0.2) is 73.0 Å². The van der Waals surface area contributed by atoms with E-state index in [0.717, 1.165) is 56.3 Å². The predicted octanol–water partition coefficient (Wildman–Crippen LogP) is 5.00. The van der Waals surface area contributed by atoms with Crippen molar-refractivity contribution in [3.63, 3.8) is 0 Å². The van der Waals surface area contributed by atoms with Crippen LogP contribution in [0.25, 0.3) is 10.9 Å². The van der Waals surface area contributed by atoms with Crippen LogP contribution >= 0.6 is 11.6 Å². The summed E-state index contributed by atoms with van der Waals surface area (Å²) in [5.74, 6) is -0.300. The van der Waals surface area contributed by atoms with E-state index in [-0.39, 0.29) is 11.9 Å². The predicted molar refractivity (Wildman–Crippen MR) is 165 cm³/mol. The molecule has 2 aliphatic heterocycles. The maximum absolute atomic E-state index is 13.9. The molecule has 0 spiro atoms. The number of aromatic nitrogens is 2. The first-order chi connectivity index (χ1) is 21.0. The Balaban J connectivity index is 1.32. The lowest BCUT2D eigenvalue weighted by molar-refractivity contribution is 0.0334. The molecule has 1 atom stereocenters. The van der Waals surface area contributed by atoms with Crippen LogP contribution in [0.1, 0.15) is 22.7 Å². The number of nitrogens with one attached hydrogen (secondary N) is 4. The minimum Gasteiger partial charge on any atom is -0.379 e. The zero-order chi connectivity index (χ0) is 29.8. The topological polar surface area (TPSA) is 113 Å². The van der Waals surface area contributed by atoms with E-state index in [1.165, 1.54) is 12.3 Å². The second-order valence-electron chi connectivity index (χ2n) is 10.4. The number of pyridine rings is 2. The summed E-state index contributed by atoms with van der Waals surface area (Å²) in [6.45, 7) is 6.78. The Bertz CT molecular complexity index is 1690. The second-order valence-corrected chi connectivity index (χ2v) is 10.8. The Hall–Kier alpha value is -4.47. The van der Waals surface area contributed by atoms with Crippen LogP contribution in [-0.4, -0.2) is 59.3 Å². The summed E-state index contributed by atoms with van der Waals surface area (Å²) in [6, 6.07) is 14.3. The Morgan fingerprint density at radius 1 is 1.14 bits per heavy atom. The third-order valence-electron chi connectivity index (χ3n) is 7.51. The number of anilines is 3. The highest BCUT2D eigenvalue weighted by Crippen LogP contribution is 2.37. The molecular weight excluding hydrogens is 569 g/mol. The number of aryl methyl sites for hydroxylation is 1. The number of hydrogen-bond acceptors (Lipinski definition) is 10. The molecule has 1 fully saturated rings. The summed E-state index contributed by atoms with van der Waals surface area (Å²) >= 11 is 6.77. The van der Waals surface area contributed by atoms with Crippen molar-refractivity contribution < 1.29 is 9.13 Å². The fourth-order valence-electron chi connectivity index (χ4n) is 5.19. The van der Waals surface area contributed by atoms with Gasteiger partial charge in [-0.2, -0.15) is 5.26 Å². The van der Waals surface area contributed by atoms with Crippen LogP contribution in [-0.2, 0) is 4.74 Å². The summed E-state index contributed by atoms with van der Waals surface area (Å²) in [4.78, 5) is 11.2. The van der Waals surface area contributed by atoms with E-state index in [1.807, 2.05) is 41.7 Å². The molecule has 0 aliphatic carbocycles. The number of fused-ring (bicyclic) bond motifs is 1. The minimum atomic E-state index is -0.300. The average Bonchev–Trinajstić information content (AvgIpc) is 3.50. The Labute approximate surface area is 254 Å². The molecule has 6 rings (SSSR count). The van der Waals surface area contributed by atoms with Crippen molar-refractivity contribution in [2.24, 2.45) is 0 Å². The van der Waals surface area contributed by atoms with Gasteiger partial charge in [-0.15, -0.1) is 5.53 Å². The first kappa shape index (κ1) is 28.6. The van der Waals surface area contributed by atoms with Gasteiger partial charge in [-0.1, -0.05) is 17.7 Å². The van der Waals surface area contributed by atoms with Crippen molar-refractivity contribution in [2.45, 2.75) is 13.0 Å². The summed E-state index contributed by atoms with van der Waals surface area (Å²) in [5.41, 5.74) is 11.7. The van der Waals surface area contributed by atoms with Gasteiger partial charge in [-0.05, 0) is 54.4 Å². The van der Waals surface area contributed by atoms with Gasteiger partial charge in [0.15, 0.2) is 0 Å². The van der Waals surface area contributed by atoms with E-state index >= 15 is 0 Å². The number of hydrogen-bond donors (Lipinski definition) is 4. The van der Waals surface area contributed by atoms with Crippen molar-refractivity contribution >= 4 is 39.6 Å². The van der Waals surface area contributed by atoms with E-state index in [1.54, 1.807) is 25.3 Å². The Morgan fingerprint density at radius 3 is 2.77 bits per heavy atom. The quantitative estimate of drug-likeness (QED) is 0.210. The highest BCUT2D eigenvalue weighted by Gasteiger charge is 2.24. The number of ether oxygens (including phenoxy) is 1. The van der Waals surface area contributed by atoms with Crippen molar-refractivity contribution in [3.05, 3.63) is 100 Å². The van der Waals surface area contributed by atoms with Gasteiger partial charge in [-0.25, -0.2) is 4.39 Å². The van der Waals surface area contributed by atoms with E-state index < -0.39 is 0 Å². The molecule has 4 aromatic rings. The third-order valence-corrected chi connectivity index (χ3v) is 7.80. The van der Waals surface area contributed by atoms with Gasteiger partial charge in [0.1, 0.15) is 11.9 Å². The van der Waals surface area contributed by atoms with Gasteiger partial charge in [0.25, 0.3) is 0 Å². The fourth-order valence-corrected chi connectivity index (χ4v) is 5.46. The van der Waals surface area contributed by atoms with Gasteiger partial charge in [0.05, 0.1) is 46.7 Å². The Kier molecular flexibility index (Phi) is 8.53. The highest BCUT2D eigenvalue weighted by molar-refractivity contribution is 6.36. The number of halogens is 2. The standard InChI is InChI=1S/C31H31ClFN9O/c1-20-13-23(4-5-27(20)33)37-29-22(16-34)18-36-31-25(29)14-24(15-26(31)32)38-30(21-3-2-6-35-17-21)28-19-42(40-39-28)8-7-41-9-11-43-12-10-41/h2-6,13-15,17-19,30,38-40H,7-12H2,1H3,(H,36,37)/t30-/m0/s1. The highest BCUT2D eigenvalue weighted by atomic mass is 35.5. The first-order valence-corrected chi connectivity index (χ1v) is 14.4. The van der Waals surface area contributed by atoms with Gasteiger partial charge in [0, 0.05) is 67.7 Å². The molecule has 2 aliphatic rings. The van der Waals surface area contributed by atoms with Crippen LogP contribution in [0, 0.1) is 24.1 Å². The molecule has 0 bridgehead atoms. The van der Waals surface area contributed by atoms with E-state index in [4.69, 9.17) is 16.3 Å². The van der Waals surface area contributed by atoms with E-state index in [0.29, 0.717) is 38.4 Å². The molecule has 0 saturated carbocycles. The molecule has 4 N–H and O–H groups in total. The number of benzene rings is 2. The number of hydrazine groups is 2. The van der Waals surface area contributed by atoms with Gasteiger partial charge < -0.3 is 20.8 Å². The molecule has 2 aromatic heterocycles. The normalized spacial score (nSPS) is 16.0. The van der Waals surface area contributed by atoms with Crippen molar-refractivity contribution in [1.82, 2.24) is 30.8 Å². The molecule has 220 valence electrons. The number of nitrogens with zero attached hydrogens (tertiary/aromatic N) is 5. The summed E-state index contributed by atoms with van der Waals surface area (Å²) in [5, 5.41) is 19.9. The molecule has 12 heteroatoms. The largest absolute Gasteiger partial charge is 0.379 e. The zero-order valence-corrected chi connectivity index (χ0v) is 24.3. The maximum atomic E-state index is 13.9. The molecule has 0 radical (unpaired) electrons. The monoisotopic (exact) mass is 599 g/mol. The second kappa shape index (κ2) is 12.8. The fraction of sp³-hybridized carbons (Fsp3) is 0.258. The van der Waals surface area contributed by atoms with Gasteiger partial charge >= 0.3 is 0 Å². The summed E-state index contributed by atoms with van der Waals surface area (Å²) in [7, 11) is 0. The Morgan fingerprint density at radius 2 is 2.00 bits per heavy atom. The minimum absolute atomic E-state index is 0.300. The molecule has 0 amide bonds. The number of nitriles is 1. The lowest BCUT2D eigenvalue weighted by Crippen LogP contribution is -2.44. The van der Waals surface area contributed by atoms with Crippen LogP contribution in [0.2, 0.25) is 5.02 Å². The zero-order valence-electron chi connectivity index (χ0n) is 23.6. The van der Waals surface area contributed by atoms with Crippen LogP contribution in [0.5, 0.6) is 0 Å². The molecule has 0 unspecified atom stereocenters. The van der Waals surface area contributed by atoms with E-state index in [2.05, 4.69) is 42.5 Å². The van der Waals surface area contributed by atoms with Crippen LogP contribution < -0.4 is 21.6 Å². The molecule has 43 heavy (non-hydrogen) atoms. The number of morpholine rings is 1. The smallest absolute Gasteiger partial charge is 0.126 e. The van der Waals surface area contributed by atoms with Gasteiger partial charge in [0.2, 0.25) is 0 Å².